The van der Waals surface area contributed by atoms with Crippen LogP contribution in [0.15, 0.2) is 108 Å². The summed E-state index contributed by atoms with van der Waals surface area (Å²) in [5.74, 6) is 0.607. The minimum atomic E-state index is -0.256. The van der Waals surface area contributed by atoms with Crippen LogP contribution in [-0.2, 0) is 38.0 Å². The Kier molecular flexibility index (Phi) is 9.01. The molecule has 0 aliphatic rings. The second kappa shape index (κ2) is 12.8. The van der Waals surface area contributed by atoms with Crippen molar-refractivity contribution in [3.8, 4) is 0 Å². The third-order valence-corrected chi connectivity index (χ3v) is 9.18. The molecule has 46 heavy (non-hydrogen) atoms. The van der Waals surface area contributed by atoms with Gasteiger partial charge in [-0.15, -0.1) is 0 Å². The highest BCUT2D eigenvalue weighted by atomic mass is 16.3. The molecule has 8 heteroatoms. The van der Waals surface area contributed by atoms with E-state index in [1.807, 2.05) is 86.1 Å². The second-order valence-electron chi connectivity index (χ2n) is 12.8. The lowest BCUT2D eigenvalue weighted by Gasteiger charge is -2.29. The summed E-state index contributed by atoms with van der Waals surface area (Å²) in [5.41, 5.74) is 5.44. The van der Waals surface area contributed by atoms with Crippen LogP contribution in [0.5, 0.6) is 0 Å². The second-order valence-corrected chi connectivity index (χ2v) is 12.8. The number of benzene rings is 3. The maximum atomic E-state index is 12.9. The number of imidazole rings is 2. The number of nitrogens with zero attached hydrogens (tertiary/aromatic N) is 6. The number of rotatable bonds is 10. The topological polar surface area (TPSA) is 88.5 Å². The zero-order chi connectivity index (χ0) is 33.2. The summed E-state index contributed by atoms with van der Waals surface area (Å²) >= 11 is 0. The number of aryl methyl sites for hydroxylation is 4. The molecular formula is C38H44N6O2. The lowest BCUT2D eigenvalue weighted by atomic mass is 9.74. The summed E-state index contributed by atoms with van der Waals surface area (Å²) in [6.07, 6.45) is 7.53. The van der Waals surface area contributed by atoms with Crippen LogP contribution >= 0.6 is 0 Å². The zero-order valence-corrected chi connectivity index (χ0v) is 28.2. The van der Waals surface area contributed by atoms with E-state index in [1.165, 1.54) is 11.1 Å². The van der Waals surface area contributed by atoms with Crippen LogP contribution in [0.4, 0.5) is 11.4 Å². The molecule has 0 radical (unpaired) electrons. The van der Waals surface area contributed by atoms with Crippen molar-refractivity contribution in [2.45, 2.75) is 65.5 Å². The normalized spacial score (nSPS) is 13.0. The van der Waals surface area contributed by atoms with Gasteiger partial charge in [0.15, 0.2) is 0 Å². The molecule has 5 aromatic rings. The maximum Gasteiger partial charge on any atom is 0.292 e. The largest absolute Gasteiger partial charge is 0.853 e. The van der Waals surface area contributed by atoms with Gasteiger partial charge in [-0.1, -0.05) is 76.2 Å². The van der Waals surface area contributed by atoms with E-state index in [2.05, 4.69) is 86.2 Å². The summed E-state index contributed by atoms with van der Waals surface area (Å²) in [6.45, 7) is 14.3. The Balaban J connectivity index is 1.32. The minimum Gasteiger partial charge on any atom is -0.853 e. The van der Waals surface area contributed by atoms with E-state index in [0.717, 1.165) is 11.1 Å². The number of hydrogen-bond donors (Lipinski definition) is 0. The van der Waals surface area contributed by atoms with Gasteiger partial charge in [-0.05, 0) is 60.4 Å². The molecule has 0 saturated heterocycles. The van der Waals surface area contributed by atoms with E-state index in [9.17, 15) is 10.2 Å². The Morgan fingerprint density at radius 3 is 1.13 bits per heavy atom. The van der Waals surface area contributed by atoms with E-state index < -0.39 is 0 Å². The molecule has 8 nitrogen and oxygen atoms in total. The molecular weight excluding hydrogens is 572 g/mol. The van der Waals surface area contributed by atoms with Gasteiger partial charge >= 0.3 is 0 Å². The summed E-state index contributed by atoms with van der Waals surface area (Å²) in [7, 11) is 3.72. The van der Waals surface area contributed by atoms with Crippen LogP contribution in [0.1, 0.15) is 75.4 Å². The Labute approximate surface area is 272 Å². The molecule has 238 valence electrons. The van der Waals surface area contributed by atoms with Crippen molar-refractivity contribution in [2.75, 3.05) is 0 Å². The molecule has 2 heterocycles. The van der Waals surface area contributed by atoms with Crippen molar-refractivity contribution < 1.29 is 19.3 Å². The minimum absolute atomic E-state index is 0.251. The molecule has 2 aromatic heterocycles. The molecule has 0 amide bonds. The van der Waals surface area contributed by atoms with Gasteiger partial charge in [-0.25, -0.2) is 18.3 Å². The van der Waals surface area contributed by atoms with Gasteiger partial charge in [0, 0.05) is 10.8 Å². The Morgan fingerprint density at radius 1 is 0.565 bits per heavy atom. The van der Waals surface area contributed by atoms with E-state index in [4.69, 9.17) is 0 Å². The first kappa shape index (κ1) is 32.4. The lowest BCUT2D eigenvalue weighted by Crippen LogP contribution is -2.40. The number of aliphatic imine (C=N–C) groups is 2. The smallest absolute Gasteiger partial charge is 0.292 e. The summed E-state index contributed by atoms with van der Waals surface area (Å²) in [5, 5.41) is 25.8. The first-order chi connectivity index (χ1) is 21.9. The standard InChI is InChI=1S/C38H44N6O2/c1-9-43-25-23-41(7)35(43)33(45)39-31-19-15-29(16-20-31)37(3,4)27-11-13-28(14-12-27)38(5,6)30-17-21-32(22-18-30)40-34(46)36-42(8)24-26-44(36)10-2/h11-26H,9-10H2,1-8H3. The first-order valence-electron chi connectivity index (χ1n) is 15.8. The van der Waals surface area contributed by atoms with Gasteiger partial charge in [-0.3, -0.25) is 9.98 Å². The summed E-state index contributed by atoms with van der Waals surface area (Å²) in [6, 6.07) is 24.7. The fourth-order valence-corrected chi connectivity index (χ4v) is 5.98. The van der Waals surface area contributed by atoms with Crippen LogP contribution in [0.25, 0.3) is 0 Å². The van der Waals surface area contributed by atoms with E-state index in [0.29, 0.717) is 36.1 Å². The Bertz CT molecular complexity index is 1730. The fourth-order valence-electron chi connectivity index (χ4n) is 5.98. The van der Waals surface area contributed by atoms with Gasteiger partial charge < -0.3 is 10.2 Å². The Hall–Kier alpha value is -4.98. The SMILES string of the molecule is CCn1cc[n+](C)c1C([O-])=Nc1ccc(C(C)(C)c2ccc(C(C)(C)c3ccc(N=C([O-])c4n(CC)cc[n+]4C)cc3)cc2)cc1. The average molecular weight is 617 g/mol. The molecule has 0 unspecified atom stereocenters. The maximum absolute atomic E-state index is 12.9. The van der Waals surface area contributed by atoms with Crippen LogP contribution in [0.3, 0.4) is 0 Å². The van der Waals surface area contributed by atoms with Crippen molar-refractivity contribution in [3.63, 3.8) is 0 Å². The van der Waals surface area contributed by atoms with Crippen LogP contribution in [-0.4, -0.2) is 20.9 Å². The quantitative estimate of drug-likeness (QED) is 0.131. The summed E-state index contributed by atoms with van der Waals surface area (Å²) in [4.78, 5) is 8.74. The molecule has 0 N–H and O–H groups in total. The fraction of sp³-hybridized carbons (Fsp3) is 0.316. The highest BCUT2D eigenvalue weighted by Gasteiger charge is 2.27. The first-order valence-corrected chi connectivity index (χ1v) is 15.8. The molecule has 3 aromatic carbocycles. The van der Waals surface area contributed by atoms with Gasteiger partial charge in [-0.2, -0.15) is 0 Å². The van der Waals surface area contributed by atoms with Gasteiger partial charge in [0.25, 0.3) is 11.6 Å². The van der Waals surface area contributed by atoms with E-state index >= 15 is 0 Å². The van der Waals surface area contributed by atoms with Crippen LogP contribution in [0.2, 0.25) is 0 Å². The average Bonchev–Trinajstić information content (AvgIpc) is 3.62. The van der Waals surface area contributed by atoms with Crippen molar-refractivity contribution >= 4 is 23.2 Å². The molecule has 0 fully saturated rings. The van der Waals surface area contributed by atoms with Crippen molar-refractivity contribution in [1.82, 2.24) is 9.13 Å². The predicted molar refractivity (Wildman–Crippen MR) is 179 cm³/mol. The van der Waals surface area contributed by atoms with Gasteiger partial charge in [0.2, 0.25) is 0 Å². The van der Waals surface area contributed by atoms with Crippen molar-refractivity contribution in [1.29, 1.82) is 0 Å². The predicted octanol–water partition coefficient (Wildman–Crippen LogP) is 4.51. The molecule has 0 atom stereocenters. The molecule has 0 saturated carbocycles. The van der Waals surface area contributed by atoms with Crippen molar-refractivity contribution in [3.05, 3.63) is 131 Å². The monoisotopic (exact) mass is 616 g/mol. The lowest BCUT2D eigenvalue weighted by molar-refractivity contribution is -0.674. The van der Waals surface area contributed by atoms with E-state index in [-0.39, 0.29) is 22.6 Å². The molecule has 0 aliphatic carbocycles. The van der Waals surface area contributed by atoms with Crippen LogP contribution in [0, 0.1) is 0 Å². The highest BCUT2D eigenvalue weighted by molar-refractivity contribution is 5.88. The third kappa shape index (κ3) is 6.25. The molecule has 0 spiro atoms. The van der Waals surface area contributed by atoms with Crippen LogP contribution < -0.4 is 19.3 Å². The highest BCUT2D eigenvalue weighted by Crippen LogP contribution is 2.36. The van der Waals surface area contributed by atoms with E-state index in [1.54, 1.807) is 9.13 Å². The molecule has 5 rings (SSSR count). The van der Waals surface area contributed by atoms with Crippen molar-refractivity contribution in [2.24, 2.45) is 24.1 Å². The summed E-state index contributed by atoms with van der Waals surface area (Å²) < 4.78 is 7.41. The Morgan fingerprint density at radius 2 is 0.848 bits per heavy atom. The molecule has 0 bridgehead atoms. The number of hydrogen-bond acceptors (Lipinski definition) is 4. The van der Waals surface area contributed by atoms with Gasteiger partial charge in [0.05, 0.1) is 50.4 Å². The number of aromatic nitrogens is 4. The van der Waals surface area contributed by atoms with Gasteiger partial charge in [0.1, 0.15) is 24.8 Å². The molecule has 0 aliphatic heterocycles. The third-order valence-electron chi connectivity index (χ3n) is 9.18. The zero-order valence-electron chi connectivity index (χ0n) is 28.2.